The smallest absolute Gasteiger partial charge is 0.481 e. The summed E-state index contributed by atoms with van der Waals surface area (Å²) in [5.74, 6) is -1.30. The van der Waals surface area contributed by atoms with Crippen molar-refractivity contribution >= 4 is 5.97 Å². The number of carbonyl (C=O) groups excluding carboxylic acids is 1. The third kappa shape index (κ3) is 5.10. The Labute approximate surface area is 119 Å². The van der Waals surface area contributed by atoms with E-state index in [2.05, 4.69) is 9.72 Å². The summed E-state index contributed by atoms with van der Waals surface area (Å²) >= 11 is 0. The number of rotatable bonds is 6. The molecule has 118 valence electrons. The lowest BCUT2D eigenvalue weighted by Gasteiger charge is -2.16. The largest absolute Gasteiger partial charge is 0.573 e. The number of nitrogens with zero attached hydrogens (tertiary/aromatic N) is 1. The van der Waals surface area contributed by atoms with E-state index in [1.165, 1.54) is 7.11 Å². The van der Waals surface area contributed by atoms with Gasteiger partial charge in [-0.3, -0.25) is 4.79 Å². The predicted molar refractivity (Wildman–Crippen MR) is 65.7 cm³/mol. The molecule has 0 spiro atoms. The highest BCUT2D eigenvalue weighted by atomic mass is 19.4. The molecule has 0 aliphatic carbocycles. The van der Waals surface area contributed by atoms with Crippen LogP contribution in [0.5, 0.6) is 11.6 Å². The molecule has 0 atom stereocenters. The van der Waals surface area contributed by atoms with Gasteiger partial charge in [-0.25, -0.2) is 4.98 Å². The van der Waals surface area contributed by atoms with E-state index in [0.717, 1.165) is 6.07 Å². The van der Waals surface area contributed by atoms with Gasteiger partial charge < -0.3 is 19.9 Å². The average Bonchev–Trinajstić information content (AvgIpc) is 2.36. The molecule has 0 aliphatic rings. The number of hydrogen-bond acceptors (Lipinski definition) is 6. The van der Waals surface area contributed by atoms with Crippen LogP contribution in [0.4, 0.5) is 13.2 Å². The van der Waals surface area contributed by atoms with Crippen LogP contribution in [0.3, 0.4) is 0 Å². The standard InChI is InChI=1S/C12H15F3N2O4/c1-3-20-11(18)4-8-7(6-16)9(21-12(13,14)15)5-10(17-8)19-2/h5H,3-4,6,16H2,1-2H3. The second kappa shape index (κ2) is 7.11. The minimum absolute atomic E-state index is 0.0227. The van der Waals surface area contributed by atoms with Crippen LogP contribution in [-0.4, -0.2) is 31.0 Å². The molecule has 21 heavy (non-hydrogen) atoms. The van der Waals surface area contributed by atoms with Crippen LogP contribution >= 0.6 is 0 Å². The molecule has 0 unspecified atom stereocenters. The number of ether oxygens (including phenoxy) is 3. The number of alkyl halides is 3. The molecule has 1 aromatic heterocycles. The van der Waals surface area contributed by atoms with Gasteiger partial charge in [-0.05, 0) is 6.92 Å². The van der Waals surface area contributed by atoms with Gasteiger partial charge in [0.05, 0.1) is 25.8 Å². The summed E-state index contributed by atoms with van der Waals surface area (Å²) < 4.78 is 50.6. The van der Waals surface area contributed by atoms with Crippen LogP contribution in [0.2, 0.25) is 0 Å². The maximum absolute atomic E-state index is 12.4. The minimum Gasteiger partial charge on any atom is -0.481 e. The molecular weight excluding hydrogens is 293 g/mol. The Morgan fingerprint density at radius 3 is 2.57 bits per heavy atom. The lowest BCUT2D eigenvalue weighted by Crippen LogP contribution is -2.21. The Morgan fingerprint density at radius 1 is 1.43 bits per heavy atom. The van der Waals surface area contributed by atoms with Crippen molar-refractivity contribution in [3.8, 4) is 11.6 Å². The minimum atomic E-state index is -4.89. The van der Waals surface area contributed by atoms with Crippen molar-refractivity contribution in [1.29, 1.82) is 0 Å². The number of methoxy groups -OCH3 is 1. The maximum atomic E-state index is 12.4. The summed E-state index contributed by atoms with van der Waals surface area (Å²) in [5.41, 5.74) is 5.43. The quantitative estimate of drug-likeness (QED) is 0.803. The SMILES string of the molecule is CCOC(=O)Cc1nc(OC)cc(OC(F)(F)F)c1CN. The number of aromatic nitrogens is 1. The molecule has 6 nitrogen and oxygen atoms in total. The number of halogens is 3. The van der Waals surface area contributed by atoms with E-state index in [1.54, 1.807) is 6.92 Å². The van der Waals surface area contributed by atoms with Crippen LogP contribution < -0.4 is 15.2 Å². The molecule has 9 heteroatoms. The number of pyridine rings is 1. The van der Waals surface area contributed by atoms with Crippen molar-refractivity contribution < 1.29 is 32.2 Å². The van der Waals surface area contributed by atoms with E-state index in [1.807, 2.05) is 0 Å². The van der Waals surface area contributed by atoms with Crippen molar-refractivity contribution in [1.82, 2.24) is 4.98 Å². The zero-order chi connectivity index (χ0) is 16.0. The third-order valence-corrected chi connectivity index (χ3v) is 2.40. The third-order valence-electron chi connectivity index (χ3n) is 2.40. The van der Waals surface area contributed by atoms with Crippen molar-refractivity contribution in [2.75, 3.05) is 13.7 Å². The molecule has 0 aromatic carbocycles. The molecule has 0 amide bonds. The first-order valence-corrected chi connectivity index (χ1v) is 5.99. The molecule has 0 saturated heterocycles. The average molecular weight is 308 g/mol. The van der Waals surface area contributed by atoms with Gasteiger partial charge in [0.25, 0.3) is 0 Å². The van der Waals surface area contributed by atoms with Gasteiger partial charge in [0.1, 0.15) is 5.75 Å². The predicted octanol–water partition coefficient (Wildman–Crippen LogP) is 1.55. The summed E-state index contributed by atoms with van der Waals surface area (Å²) in [4.78, 5) is 15.4. The fourth-order valence-electron chi connectivity index (χ4n) is 1.61. The Bertz CT molecular complexity index is 506. The molecule has 0 radical (unpaired) electrons. The highest BCUT2D eigenvalue weighted by Crippen LogP contribution is 2.31. The normalized spacial score (nSPS) is 11.1. The number of esters is 1. The van der Waals surface area contributed by atoms with Gasteiger partial charge in [-0.15, -0.1) is 13.2 Å². The molecule has 0 aliphatic heterocycles. The van der Waals surface area contributed by atoms with Gasteiger partial charge >= 0.3 is 12.3 Å². The van der Waals surface area contributed by atoms with Gasteiger partial charge in [0.15, 0.2) is 0 Å². The second-order valence-electron chi connectivity index (χ2n) is 3.82. The van der Waals surface area contributed by atoms with E-state index < -0.39 is 18.1 Å². The summed E-state index contributed by atoms with van der Waals surface area (Å²) in [6, 6.07) is 0.963. The van der Waals surface area contributed by atoms with Gasteiger partial charge in [-0.2, -0.15) is 0 Å². The zero-order valence-corrected chi connectivity index (χ0v) is 11.5. The van der Waals surface area contributed by atoms with Crippen molar-refractivity contribution in [2.24, 2.45) is 5.73 Å². The summed E-state index contributed by atoms with van der Waals surface area (Å²) in [6.45, 7) is 1.47. The Kier molecular flexibility index (Phi) is 5.77. The first-order chi connectivity index (χ1) is 9.80. The fourth-order valence-corrected chi connectivity index (χ4v) is 1.61. The van der Waals surface area contributed by atoms with E-state index >= 15 is 0 Å². The van der Waals surface area contributed by atoms with Crippen LogP contribution in [0.25, 0.3) is 0 Å². The van der Waals surface area contributed by atoms with Crippen molar-refractivity contribution in [2.45, 2.75) is 26.3 Å². The molecule has 1 rings (SSSR count). The highest BCUT2D eigenvalue weighted by molar-refractivity contribution is 5.72. The molecule has 2 N–H and O–H groups in total. The molecular formula is C12H15F3N2O4. The van der Waals surface area contributed by atoms with Gasteiger partial charge in [0, 0.05) is 18.2 Å². The molecule has 0 fully saturated rings. The van der Waals surface area contributed by atoms with E-state index in [-0.39, 0.29) is 36.7 Å². The fraction of sp³-hybridized carbons (Fsp3) is 0.500. The molecule has 0 saturated carbocycles. The van der Waals surface area contributed by atoms with E-state index in [4.69, 9.17) is 15.2 Å². The van der Waals surface area contributed by atoms with Crippen LogP contribution in [0.1, 0.15) is 18.2 Å². The number of hydrogen-bond donors (Lipinski definition) is 1. The summed E-state index contributed by atoms with van der Waals surface area (Å²) in [7, 11) is 1.23. The Morgan fingerprint density at radius 2 is 2.10 bits per heavy atom. The van der Waals surface area contributed by atoms with Crippen molar-refractivity contribution in [3.05, 3.63) is 17.3 Å². The second-order valence-corrected chi connectivity index (χ2v) is 3.82. The Hall–Kier alpha value is -2.03. The first-order valence-electron chi connectivity index (χ1n) is 5.99. The lowest BCUT2D eigenvalue weighted by atomic mass is 10.1. The van der Waals surface area contributed by atoms with Crippen LogP contribution in [-0.2, 0) is 22.5 Å². The molecule has 1 heterocycles. The maximum Gasteiger partial charge on any atom is 0.573 e. The molecule has 1 aromatic rings. The lowest BCUT2D eigenvalue weighted by molar-refractivity contribution is -0.274. The first kappa shape index (κ1) is 17.0. The van der Waals surface area contributed by atoms with Crippen molar-refractivity contribution in [3.63, 3.8) is 0 Å². The van der Waals surface area contributed by atoms with Gasteiger partial charge in [-0.1, -0.05) is 0 Å². The molecule has 0 bridgehead atoms. The highest BCUT2D eigenvalue weighted by Gasteiger charge is 2.33. The zero-order valence-electron chi connectivity index (χ0n) is 11.5. The summed E-state index contributed by atoms with van der Waals surface area (Å²) in [6.07, 6.45) is -5.22. The summed E-state index contributed by atoms with van der Waals surface area (Å²) in [5, 5.41) is 0. The van der Waals surface area contributed by atoms with E-state index in [9.17, 15) is 18.0 Å². The number of nitrogens with two attached hydrogens (primary N) is 1. The number of carbonyl (C=O) groups is 1. The van der Waals surface area contributed by atoms with E-state index in [0.29, 0.717) is 0 Å². The topological polar surface area (TPSA) is 83.7 Å². The van der Waals surface area contributed by atoms with Crippen LogP contribution in [0, 0.1) is 0 Å². The van der Waals surface area contributed by atoms with Crippen LogP contribution in [0.15, 0.2) is 6.07 Å². The monoisotopic (exact) mass is 308 g/mol. The van der Waals surface area contributed by atoms with Gasteiger partial charge in [0.2, 0.25) is 5.88 Å². The Balaban J connectivity index is 3.21.